The van der Waals surface area contributed by atoms with E-state index in [1.54, 1.807) is 0 Å². The van der Waals surface area contributed by atoms with E-state index in [2.05, 4.69) is 35.2 Å². The summed E-state index contributed by atoms with van der Waals surface area (Å²) in [5, 5.41) is 2.22. The minimum Gasteiger partial charge on any atom is -0.494 e. The molecule has 2 aliphatic heterocycles. The summed E-state index contributed by atoms with van der Waals surface area (Å²) < 4.78 is 5.57. The highest BCUT2D eigenvalue weighted by atomic mass is 16.5. The molecule has 0 aliphatic carbocycles. The Morgan fingerprint density at radius 3 is 2.61 bits per heavy atom. The Bertz CT molecular complexity index is 1020. The molecule has 1 amide bonds. The van der Waals surface area contributed by atoms with Gasteiger partial charge < -0.3 is 4.74 Å². The molecule has 0 bridgehead atoms. The van der Waals surface area contributed by atoms with Gasteiger partial charge in [0.05, 0.1) is 19.0 Å². The van der Waals surface area contributed by atoms with Crippen molar-refractivity contribution in [1.29, 1.82) is 0 Å². The molecule has 1 fully saturated rings. The minimum absolute atomic E-state index is 0.115. The summed E-state index contributed by atoms with van der Waals surface area (Å²) in [6.45, 7) is 4.31. The summed E-state index contributed by atoms with van der Waals surface area (Å²) in [4.78, 5) is 17.5. The summed E-state index contributed by atoms with van der Waals surface area (Å²) >= 11 is 0. The number of nitrogens with zero attached hydrogens (tertiary/aromatic N) is 2. The zero-order valence-electron chi connectivity index (χ0n) is 16.1. The number of carbonyl (C=O) groups excluding carboxylic acids is 1. The first-order valence-electron chi connectivity index (χ1n) is 10.1. The predicted octanol–water partition coefficient (Wildman–Crippen LogP) is 4.99. The third-order valence-electron chi connectivity index (χ3n) is 5.91. The lowest BCUT2D eigenvalue weighted by molar-refractivity contribution is 0.0971. The van der Waals surface area contributed by atoms with E-state index in [-0.39, 0.29) is 5.91 Å². The van der Waals surface area contributed by atoms with Crippen LogP contribution in [-0.2, 0) is 0 Å². The monoisotopic (exact) mass is 372 g/mol. The zero-order chi connectivity index (χ0) is 19.1. The number of amides is 1. The predicted molar refractivity (Wildman–Crippen MR) is 112 cm³/mol. The third kappa shape index (κ3) is 2.76. The maximum Gasteiger partial charge on any atom is 0.260 e. The molecule has 0 radical (unpaired) electrons. The van der Waals surface area contributed by atoms with Crippen LogP contribution in [-0.4, -0.2) is 30.6 Å². The van der Waals surface area contributed by atoms with Crippen LogP contribution in [0.15, 0.2) is 60.7 Å². The van der Waals surface area contributed by atoms with Crippen molar-refractivity contribution in [3.63, 3.8) is 0 Å². The van der Waals surface area contributed by atoms with Crippen molar-refractivity contribution < 1.29 is 9.53 Å². The van der Waals surface area contributed by atoms with Crippen LogP contribution in [0.25, 0.3) is 10.8 Å². The molecule has 2 aliphatic rings. The Kier molecular flexibility index (Phi) is 4.29. The fraction of sp³-hybridized carbons (Fsp3) is 0.292. The number of benzene rings is 3. The number of ether oxygens (including phenoxy) is 1. The quantitative estimate of drug-likeness (QED) is 0.632. The summed E-state index contributed by atoms with van der Waals surface area (Å²) in [6.07, 6.45) is 2.27. The van der Waals surface area contributed by atoms with Gasteiger partial charge in [0.2, 0.25) is 0 Å². The van der Waals surface area contributed by atoms with Crippen molar-refractivity contribution in [3.8, 4) is 5.75 Å². The number of likely N-dealkylation sites (tertiary alicyclic amines) is 1. The van der Waals surface area contributed by atoms with Crippen LogP contribution in [0.2, 0.25) is 0 Å². The molecule has 0 spiro atoms. The zero-order valence-corrected chi connectivity index (χ0v) is 16.1. The van der Waals surface area contributed by atoms with Crippen molar-refractivity contribution in [2.24, 2.45) is 0 Å². The van der Waals surface area contributed by atoms with E-state index in [0.29, 0.717) is 19.3 Å². The summed E-state index contributed by atoms with van der Waals surface area (Å²) in [7, 11) is 0. The van der Waals surface area contributed by atoms with Crippen LogP contribution in [0.1, 0.15) is 41.7 Å². The molecule has 28 heavy (non-hydrogen) atoms. The maximum absolute atomic E-state index is 13.1. The molecule has 0 aromatic heterocycles. The van der Waals surface area contributed by atoms with Crippen LogP contribution in [0.3, 0.4) is 0 Å². The van der Waals surface area contributed by atoms with Gasteiger partial charge in [-0.1, -0.05) is 36.4 Å². The molecular formula is C24H24N2O2. The van der Waals surface area contributed by atoms with Crippen molar-refractivity contribution >= 4 is 22.4 Å². The molecule has 1 atom stereocenters. The van der Waals surface area contributed by atoms with E-state index in [0.717, 1.165) is 47.2 Å². The van der Waals surface area contributed by atoms with Gasteiger partial charge in [0, 0.05) is 23.5 Å². The standard InChI is InChI=1S/C24H24N2O2/c1-2-28-19-13-11-17(12-14-19)21-10-5-15-25(21)16-26-22-9-4-7-18-6-3-8-20(23(18)22)24(26)27/h3-4,6-9,11-14,21H,2,5,10,15-16H2,1H3/t21-/m0/s1. The van der Waals surface area contributed by atoms with Crippen LogP contribution in [0.5, 0.6) is 5.75 Å². The molecule has 0 saturated carbocycles. The first kappa shape index (κ1) is 17.3. The average Bonchev–Trinajstić information content (AvgIpc) is 3.29. The molecule has 0 N–H and O–H groups in total. The first-order valence-corrected chi connectivity index (χ1v) is 10.1. The lowest BCUT2D eigenvalue weighted by atomic mass is 10.0. The fourth-order valence-corrected chi connectivity index (χ4v) is 4.63. The molecular weight excluding hydrogens is 348 g/mol. The van der Waals surface area contributed by atoms with Gasteiger partial charge in [0.1, 0.15) is 5.75 Å². The second-order valence-electron chi connectivity index (χ2n) is 7.53. The van der Waals surface area contributed by atoms with E-state index in [1.165, 1.54) is 5.56 Å². The van der Waals surface area contributed by atoms with Gasteiger partial charge in [-0.15, -0.1) is 0 Å². The molecule has 0 unspecified atom stereocenters. The summed E-state index contributed by atoms with van der Waals surface area (Å²) in [6, 6.07) is 21.0. The van der Waals surface area contributed by atoms with Crippen molar-refractivity contribution in [3.05, 3.63) is 71.8 Å². The average molecular weight is 372 g/mol. The highest BCUT2D eigenvalue weighted by molar-refractivity contribution is 6.24. The maximum atomic E-state index is 13.1. The van der Waals surface area contributed by atoms with Crippen LogP contribution >= 0.6 is 0 Å². The number of rotatable bonds is 5. The number of hydrogen-bond acceptors (Lipinski definition) is 3. The summed E-state index contributed by atoms with van der Waals surface area (Å²) in [5.74, 6) is 1.02. The topological polar surface area (TPSA) is 32.8 Å². The smallest absolute Gasteiger partial charge is 0.260 e. The Labute approximate surface area is 165 Å². The second-order valence-corrected chi connectivity index (χ2v) is 7.53. The molecule has 1 saturated heterocycles. The first-order chi connectivity index (χ1) is 13.8. The second kappa shape index (κ2) is 6.95. The van der Waals surface area contributed by atoms with E-state index >= 15 is 0 Å². The molecule has 3 aromatic rings. The van der Waals surface area contributed by atoms with Gasteiger partial charge in [0.15, 0.2) is 0 Å². The van der Waals surface area contributed by atoms with E-state index in [1.807, 2.05) is 42.2 Å². The largest absolute Gasteiger partial charge is 0.494 e. The molecule has 4 nitrogen and oxygen atoms in total. The highest BCUT2D eigenvalue weighted by Gasteiger charge is 2.34. The van der Waals surface area contributed by atoms with Gasteiger partial charge in [-0.3, -0.25) is 14.6 Å². The van der Waals surface area contributed by atoms with E-state index < -0.39 is 0 Å². The Morgan fingerprint density at radius 1 is 1.04 bits per heavy atom. The lowest BCUT2D eigenvalue weighted by Crippen LogP contribution is -2.39. The van der Waals surface area contributed by atoms with Crippen molar-refractivity contribution in [2.45, 2.75) is 25.8 Å². The Hall–Kier alpha value is -2.85. The molecule has 2 heterocycles. The normalized spacial score (nSPS) is 19.0. The van der Waals surface area contributed by atoms with Crippen LogP contribution in [0.4, 0.5) is 5.69 Å². The third-order valence-corrected chi connectivity index (χ3v) is 5.91. The van der Waals surface area contributed by atoms with E-state index in [9.17, 15) is 4.79 Å². The number of carbonyl (C=O) groups is 1. The van der Waals surface area contributed by atoms with Gasteiger partial charge >= 0.3 is 0 Å². The number of anilines is 1. The Balaban J connectivity index is 1.41. The molecule has 3 aromatic carbocycles. The minimum atomic E-state index is 0.115. The van der Waals surface area contributed by atoms with Crippen molar-refractivity contribution in [1.82, 2.24) is 4.90 Å². The fourth-order valence-electron chi connectivity index (χ4n) is 4.63. The number of hydrogen-bond donors (Lipinski definition) is 0. The van der Waals surface area contributed by atoms with Gasteiger partial charge in [-0.05, 0) is 55.0 Å². The molecule has 4 heteroatoms. The van der Waals surface area contributed by atoms with Gasteiger partial charge in [-0.25, -0.2) is 0 Å². The molecule has 5 rings (SSSR count). The van der Waals surface area contributed by atoms with Crippen molar-refractivity contribution in [2.75, 3.05) is 24.7 Å². The van der Waals surface area contributed by atoms with Crippen LogP contribution < -0.4 is 9.64 Å². The Morgan fingerprint density at radius 2 is 1.82 bits per heavy atom. The molecule has 142 valence electrons. The lowest BCUT2D eigenvalue weighted by Gasteiger charge is -2.30. The SMILES string of the molecule is CCOc1ccc([C@@H]2CCCN2CN2C(=O)c3cccc4cccc2c34)cc1. The van der Waals surface area contributed by atoms with Gasteiger partial charge in [-0.2, -0.15) is 0 Å². The van der Waals surface area contributed by atoms with E-state index in [4.69, 9.17) is 4.74 Å². The van der Waals surface area contributed by atoms with Crippen LogP contribution in [0, 0.1) is 0 Å². The highest BCUT2D eigenvalue weighted by Crippen LogP contribution is 2.39. The van der Waals surface area contributed by atoms with Gasteiger partial charge in [0.25, 0.3) is 5.91 Å². The summed E-state index contributed by atoms with van der Waals surface area (Å²) in [5.41, 5.74) is 3.16.